The van der Waals surface area contributed by atoms with Gasteiger partial charge in [-0.05, 0) is 32.9 Å². The zero-order valence-corrected chi connectivity index (χ0v) is 15.9. The predicted molar refractivity (Wildman–Crippen MR) is 94.2 cm³/mol. The fraction of sp³-hybridized carbons (Fsp3) is 0.562. The number of amides is 1. The third-order valence-electron chi connectivity index (χ3n) is 3.11. The van der Waals surface area contributed by atoms with Gasteiger partial charge in [0.15, 0.2) is 11.5 Å². The largest absolute Gasteiger partial charge is 0.493 e. The molecular formula is C16H26N2O5S. The Kier molecular flexibility index (Phi) is 6.48. The lowest BCUT2D eigenvalue weighted by Gasteiger charge is -2.25. The van der Waals surface area contributed by atoms with Gasteiger partial charge in [0.25, 0.3) is 0 Å². The van der Waals surface area contributed by atoms with Crippen LogP contribution in [-0.2, 0) is 14.8 Å². The van der Waals surface area contributed by atoms with E-state index in [1.807, 2.05) is 20.8 Å². The molecule has 0 saturated heterocycles. The van der Waals surface area contributed by atoms with Crippen LogP contribution < -0.4 is 19.1 Å². The molecular weight excluding hydrogens is 332 g/mol. The highest BCUT2D eigenvalue weighted by atomic mass is 32.2. The molecule has 0 spiro atoms. The summed E-state index contributed by atoms with van der Waals surface area (Å²) in [7, 11) is -0.567. The molecule has 0 aliphatic rings. The highest BCUT2D eigenvalue weighted by Crippen LogP contribution is 2.32. The zero-order chi connectivity index (χ0) is 18.5. The fourth-order valence-corrected chi connectivity index (χ4v) is 3.07. The summed E-state index contributed by atoms with van der Waals surface area (Å²) >= 11 is 0. The van der Waals surface area contributed by atoms with E-state index < -0.39 is 10.0 Å². The molecule has 1 amide bonds. The monoisotopic (exact) mass is 358 g/mol. The maximum Gasteiger partial charge on any atom is 0.232 e. The van der Waals surface area contributed by atoms with Crippen molar-refractivity contribution in [3.8, 4) is 11.5 Å². The van der Waals surface area contributed by atoms with Crippen molar-refractivity contribution < 1.29 is 22.7 Å². The number of sulfonamides is 1. The van der Waals surface area contributed by atoms with Crippen molar-refractivity contribution in [1.82, 2.24) is 5.32 Å². The van der Waals surface area contributed by atoms with Gasteiger partial charge >= 0.3 is 0 Å². The van der Waals surface area contributed by atoms with Crippen LogP contribution in [0.25, 0.3) is 0 Å². The third kappa shape index (κ3) is 5.92. The van der Waals surface area contributed by atoms with Crippen LogP contribution in [0, 0.1) is 0 Å². The van der Waals surface area contributed by atoms with E-state index in [1.165, 1.54) is 18.5 Å². The molecule has 0 fully saturated rings. The van der Waals surface area contributed by atoms with E-state index in [4.69, 9.17) is 9.47 Å². The Morgan fingerprint density at radius 1 is 1.17 bits per heavy atom. The van der Waals surface area contributed by atoms with Crippen molar-refractivity contribution in [2.24, 2.45) is 0 Å². The van der Waals surface area contributed by atoms with Crippen molar-refractivity contribution in [3.05, 3.63) is 18.2 Å². The molecule has 7 nitrogen and oxygen atoms in total. The second-order valence-corrected chi connectivity index (χ2v) is 8.33. The second kappa shape index (κ2) is 7.74. The van der Waals surface area contributed by atoms with Crippen LogP contribution in [0.1, 0.15) is 27.2 Å². The number of carbonyl (C=O) groups is 1. The summed E-state index contributed by atoms with van der Waals surface area (Å²) in [5.41, 5.74) is 0.0507. The van der Waals surface area contributed by atoms with Crippen LogP contribution in [-0.4, -0.2) is 46.9 Å². The van der Waals surface area contributed by atoms with Crippen molar-refractivity contribution in [2.45, 2.75) is 32.7 Å². The minimum atomic E-state index is -3.54. The average molecular weight is 358 g/mol. The predicted octanol–water partition coefficient (Wildman–Crippen LogP) is 1.77. The van der Waals surface area contributed by atoms with Gasteiger partial charge in [-0.15, -0.1) is 0 Å². The number of anilines is 1. The normalized spacial score (nSPS) is 11.8. The van der Waals surface area contributed by atoms with Crippen LogP contribution in [0.4, 0.5) is 5.69 Å². The number of hydrogen-bond acceptors (Lipinski definition) is 5. The highest BCUT2D eigenvalue weighted by molar-refractivity contribution is 7.92. The van der Waals surface area contributed by atoms with Gasteiger partial charge in [0, 0.05) is 24.6 Å². The van der Waals surface area contributed by atoms with Gasteiger partial charge < -0.3 is 14.8 Å². The van der Waals surface area contributed by atoms with E-state index in [0.717, 1.165) is 6.26 Å². The second-order valence-electron chi connectivity index (χ2n) is 6.42. The van der Waals surface area contributed by atoms with Crippen LogP contribution in [0.5, 0.6) is 11.5 Å². The van der Waals surface area contributed by atoms with Gasteiger partial charge in [-0.3, -0.25) is 9.10 Å². The Labute approximate surface area is 144 Å². The van der Waals surface area contributed by atoms with Crippen LogP contribution >= 0.6 is 0 Å². The Morgan fingerprint density at radius 2 is 1.75 bits per heavy atom. The first-order valence-corrected chi connectivity index (χ1v) is 9.33. The number of methoxy groups -OCH3 is 2. The van der Waals surface area contributed by atoms with Gasteiger partial charge in [-0.2, -0.15) is 0 Å². The topological polar surface area (TPSA) is 84.9 Å². The molecule has 0 radical (unpaired) electrons. The minimum Gasteiger partial charge on any atom is -0.493 e. The molecule has 0 heterocycles. The SMILES string of the molecule is COc1ccc(N(CCC(=O)NC(C)(C)C)S(C)(=O)=O)cc1OC. The molecule has 0 aromatic heterocycles. The summed E-state index contributed by atoms with van der Waals surface area (Å²) < 4.78 is 35.7. The van der Waals surface area contributed by atoms with E-state index in [-0.39, 0.29) is 24.4 Å². The molecule has 0 unspecified atom stereocenters. The standard InChI is InChI=1S/C16H26N2O5S/c1-16(2,3)17-15(19)9-10-18(24(6,20)21)12-7-8-13(22-4)14(11-12)23-5/h7-8,11H,9-10H2,1-6H3,(H,17,19). The maximum absolute atomic E-state index is 12.1. The molecule has 1 aromatic carbocycles. The zero-order valence-electron chi connectivity index (χ0n) is 15.0. The summed E-state index contributed by atoms with van der Waals surface area (Å²) in [6.45, 7) is 5.64. The Hall–Kier alpha value is -1.96. The fourth-order valence-electron chi connectivity index (χ4n) is 2.15. The number of ether oxygens (including phenoxy) is 2. The van der Waals surface area contributed by atoms with Crippen molar-refractivity contribution >= 4 is 21.6 Å². The van der Waals surface area contributed by atoms with Gasteiger partial charge in [-0.25, -0.2) is 8.42 Å². The first-order chi connectivity index (χ1) is 11.0. The number of nitrogens with one attached hydrogen (secondary N) is 1. The summed E-state index contributed by atoms with van der Waals surface area (Å²) in [6, 6.07) is 4.81. The highest BCUT2D eigenvalue weighted by Gasteiger charge is 2.21. The Bertz CT molecular complexity index is 680. The Morgan fingerprint density at radius 3 is 2.21 bits per heavy atom. The maximum atomic E-state index is 12.1. The molecule has 8 heteroatoms. The molecule has 0 aliphatic carbocycles. The first-order valence-electron chi connectivity index (χ1n) is 7.48. The summed E-state index contributed by atoms with van der Waals surface area (Å²) in [4.78, 5) is 12.0. The lowest BCUT2D eigenvalue weighted by Crippen LogP contribution is -2.42. The van der Waals surface area contributed by atoms with Gasteiger partial charge in [0.2, 0.25) is 15.9 Å². The minimum absolute atomic E-state index is 0.0379. The van der Waals surface area contributed by atoms with Crippen molar-refractivity contribution in [2.75, 3.05) is 31.3 Å². The average Bonchev–Trinajstić information content (AvgIpc) is 2.43. The van der Waals surface area contributed by atoms with E-state index in [0.29, 0.717) is 17.2 Å². The molecule has 0 saturated carbocycles. The number of nitrogens with zero attached hydrogens (tertiary/aromatic N) is 1. The van der Waals surface area contributed by atoms with E-state index in [2.05, 4.69) is 5.32 Å². The third-order valence-corrected chi connectivity index (χ3v) is 4.31. The molecule has 136 valence electrons. The first kappa shape index (κ1) is 20.1. The molecule has 24 heavy (non-hydrogen) atoms. The Balaban J connectivity index is 3.01. The summed E-state index contributed by atoms with van der Waals surface area (Å²) in [5, 5.41) is 2.81. The number of hydrogen-bond donors (Lipinski definition) is 1. The lowest BCUT2D eigenvalue weighted by molar-refractivity contribution is -0.122. The number of benzene rings is 1. The van der Waals surface area contributed by atoms with Crippen molar-refractivity contribution in [1.29, 1.82) is 0 Å². The van der Waals surface area contributed by atoms with E-state index in [1.54, 1.807) is 18.2 Å². The summed E-state index contributed by atoms with van der Waals surface area (Å²) in [5.74, 6) is 0.708. The molecule has 1 aromatic rings. The van der Waals surface area contributed by atoms with Crippen LogP contribution in [0.3, 0.4) is 0 Å². The smallest absolute Gasteiger partial charge is 0.232 e. The molecule has 0 bridgehead atoms. The lowest BCUT2D eigenvalue weighted by atomic mass is 10.1. The molecule has 1 N–H and O–H groups in total. The molecule has 1 rings (SSSR count). The van der Waals surface area contributed by atoms with Crippen molar-refractivity contribution in [3.63, 3.8) is 0 Å². The van der Waals surface area contributed by atoms with Crippen LogP contribution in [0.2, 0.25) is 0 Å². The van der Waals surface area contributed by atoms with Gasteiger partial charge in [0.1, 0.15) is 0 Å². The quantitative estimate of drug-likeness (QED) is 0.803. The van der Waals surface area contributed by atoms with E-state index >= 15 is 0 Å². The van der Waals surface area contributed by atoms with Gasteiger partial charge in [-0.1, -0.05) is 0 Å². The number of rotatable bonds is 7. The van der Waals surface area contributed by atoms with E-state index in [9.17, 15) is 13.2 Å². The van der Waals surface area contributed by atoms with Gasteiger partial charge in [0.05, 0.1) is 26.2 Å². The molecule has 0 aliphatic heterocycles. The summed E-state index contributed by atoms with van der Waals surface area (Å²) in [6.07, 6.45) is 1.16. The molecule has 0 atom stereocenters. The number of carbonyl (C=O) groups excluding carboxylic acids is 1. The van der Waals surface area contributed by atoms with Crippen LogP contribution in [0.15, 0.2) is 18.2 Å².